The van der Waals surface area contributed by atoms with Gasteiger partial charge < -0.3 is 24.4 Å². The Balaban J connectivity index is 1.90. The highest BCUT2D eigenvalue weighted by atomic mass is 16.6. The van der Waals surface area contributed by atoms with E-state index in [0.29, 0.717) is 25.8 Å². The molecule has 7 atom stereocenters. The van der Waals surface area contributed by atoms with E-state index in [1.54, 1.807) is 4.90 Å². The Morgan fingerprint density at radius 2 is 1.83 bits per heavy atom. The molecule has 36 heavy (non-hydrogen) atoms. The second kappa shape index (κ2) is 10.3. The van der Waals surface area contributed by atoms with Crippen LogP contribution in [0.4, 0.5) is 0 Å². The van der Waals surface area contributed by atoms with Gasteiger partial charge in [0.05, 0.1) is 25.2 Å². The fourth-order valence-electron chi connectivity index (χ4n) is 6.87. The van der Waals surface area contributed by atoms with Crippen LogP contribution in [-0.4, -0.2) is 81.8 Å². The van der Waals surface area contributed by atoms with E-state index in [9.17, 15) is 19.5 Å². The first-order valence-electron chi connectivity index (χ1n) is 13.6. The molecule has 0 aromatic rings. The minimum atomic E-state index is -1.31. The molecule has 4 heterocycles. The summed E-state index contributed by atoms with van der Waals surface area (Å²) in [5.41, 5.74) is -2.35. The molecule has 1 spiro atoms. The van der Waals surface area contributed by atoms with Crippen LogP contribution >= 0.6 is 0 Å². The van der Waals surface area contributed by atoms with Crippen LogP contribution in [0.3, 0.4) is 0 Å². The number of likely N-dealkylation sites (tertiary alicyclic amines) is 1. The number of aliphatic hydroxyl groups is 1. The summed E-state index contributed by atoms with van der Waals surface area (Å²) in [4.78, 5) is 45.5. The Hall–Kier alpha value is -2.19. The monoisotopic (exact) mass is 502 g/mol. The normalized spacial score (nSPS) is 35.6. The number of hydrogen-bond donors (Lipinski definition) is 1. The molecule has 0 radical (unpaired) electrons. The van der Waals surface area contributed by atoms with Crippen molar-refractivity contribution in [2.45, 2.75) is 96.1 Å². The van der Waals surface area contributed by atoms with Crippen molar-refractivity contribution < 1.29 is 29.0 Å². The van der Waals surface area contributed by atoms with E-state index in [2.05, 4.69) is 6.92 Å². The first-order chi connectivity index (χ1) is 17.2. The van der Waals surface area contributed by atoms with Crippen molar-refractivity contribution in [3.05, 3.63) is 24.3 Å². The molecule has 4 aliphatic rings. The van der Waals surface area contributed by atoms with E-state index in [0.717, 1.165) is 12.8 Å². The number of fused-ring (bicyclic) bond motifs is 2. The molecule has 2 unspecified atom stereocenters. The molecule has 0 bridgehead atoms. The summed E-state index contributed by atoms with van der Waals surface area (Å²) >= 11 is 0. The zero-order chi connectivity index (χ0) is 26.3. The largest absolute Gasteiger partial charge is 0.465 e. The zero-order valence-corrected chi connectivity index (χ0v) is 22.3. The van der Waals surface area contributed by atoms with Gasteiger partial charge in [-0.05, 0) is 38.5 Å². The van der Waals surface area contributed by atoms with Crippen LogP contribution in [0.2, 0.25) is 0 Å². The van der Waals surface area contributed by atoms with Crippen LogP contribution in [0.1, 0.15) is 66.7 Å². The highest BCUT2D eigenvalue weighted by Crippen LogP contribution is 2.58. The van der Waals surface area contributed by atoms with Gasteiger partial charge in [0.15, 0.2) is 0 Å². The number of nitrogens with zero attached hydrogens (tertiary/aromatic N) is 2. The number of ether oxygens (including phenoxy) is 2. The van der Waals surface area contributed by atoms with Gasteiger partial charge in [0.2, 0.25) is 11.8 Å². The van der Waals surface area contributed by atoms with Crippen LogP contribution in [0, 0.1) is 17.8 Å². The van der Waals surface area contributed by atoms with Gasteiger partial charge in [-0.1, -0.05) is 58.4 Å². The van der Waals surface area contributed by atoms with E-state index in [1.807, 2.05) is 56.9 Å². The number of amides is 2. The number of carbonyl (C=O) groups excluding carboxylic acids is 3. The molecule has 2 saturated heterocycles. The molecular weight excluding hydrogens is 460 g/mol. The molecule has 200 valence electrons. The third kappa shape index (κ3) is 4.10. The summed E-state index contributed by atoms with van der Waals surface area (Å²) in [6.45, 7) is 10.5. The highest BCUT2D eigenvalue weighted by molar-refractivity contribution is 5.99. The van der Waals surface area contributed by atoms with Crippen molar-refractivity contribution in [3.8, 4) is 0 Å². The van der Waals surface area contributed by atoms with Crippen LogP contribution in [0.15, 0.2) is 24.3 Å². The molecule has 0 aromatic heterocycles. The lowest BCUT2D eigenvalue weighted by Crippen LogP contribution is -2.60. The number of aliphatic hydroxyl groups excluding tert-OH is 1. The molecule has 2 fully saturated rings. The first kappa shape index (κ1) is 26.9. The Kier molecular flexibility index (Phi) is 7.68. The van der Waals surface area contributed by atoms with E-state index >= 15 is 0 Å². The van der Waals surface area contributed by atoms with Crippen LogP contribution in [-0.2, 0) is 23.9 Å². The third-order valence-corrected chi connectivity index (χ3v) is 8.46. The van der Waals surface area contributed by atoms with E-state index in [4.69, 9.17) is 9.47 Å². The fraction of sp³-hybridized carbons (Fsp3) is 0.750. The second-order valence-electron chi connectivity index (χ2n) is 11.2. The Labute approximate surface area is 214 Å². The highest BCUT2D eigenvalue weighted by Gasteiger charge is 2.76. The number of esters is 1. The zero-order valence-electron chi connectivity index (χ0n) is 22.3. The van der Waals surface area contributed by atoms with E-state index in [1.165, 1.54) is 0 Å². The molecule has 2 amide bonds. The molecule has 8 heteroatoms. The second-order valence-corrected chi connectivity index (χ2v) is 11.2. The lowest BCUT2D eigenvalue weighted by molar-refractivity contribution is -0.164. The molecule has 0 aromatic carbocycles. The van der Waals surface area contributed by atoms with Crippen molar-refractivity contribution in [1.82, 2.24) is 9.80 Å². The number of rotatable bonds is 8. The predicted molar refractivity (Wildman–Crippen MR) is 135 cm³/mol. The maximum atomic E-state index is 14.4. The van der Waals surface area contributed by atoms with Crippen molar-refractivity contribution >= 4 is 17.8 Å². The van der Waals surface area contributed by atoms with Crippen LogP contribution < -0.4 is 0 Å². The van der Waals surface area contributed by atoms with Crippen molar-refractivity contribution in [3.63, 3.8) is 0 Å². The summed E-state index contributed by atoms with van der Waals surface area (Å²) in [5, 5.41) is 10.4. The average molecular weight is 503 g/mol. The van der Waals surface area contributed by atoms with Gasteiger partial charge in [0, 0.05) is 12.6 Å². The van der Waals surface area contributed by atoms with Gasteiger partial charge >= 0.3 is 5.97 Å². The first-order valence-corrected chi connectivity index (χ1v) is 13.6. The molecule has 4 aliphatic heterocycles. The maximum absolute atomic E-state index is 14.4. The number of carbonyl (C=O) groups is 3. The van der Waals surface area contributed by atoms with Gasteiger partial charge in [-0.3, -0.25) is 14.4 Å². The smallest absolute Gasteiger partial charge is 0.313 e. The maximum Gasteiger partial charge on any atom is 0.313 e. The topological polar surface area (TPSA) is 96.4 Å². The van der Waals surface area contributed by atoms with Gasteiger partial charge in [0.1, 0.15) is 23.2 Å². The van der Waals surface area contributed by atoms with Crippen molar-refractivity contribution in [1.29, 1.82) is 0 Å². The minimum absolute atomic E-state index is 0.0175. The van der Waals surface area contributed by atoms with Crippen molar-refractivity contribution in [2.24, 2.45) is 17.8 Å². The fourth-order valence-corrected chi connectivity index (χ4v) is 6.87. The SMILES string of the molecule is CCCC(C)N1CC=C[C@]23O[C@]4(CC)C=CCCOC(=O)[C@@H]4[C@H]2C(=O)N([C@@H](CO)CC(C)C)C3C1=O. The van der Waals surface area contributed by atoms with Gasteiger partial charge in [-0.2, -0.15) is 0 Å². The molecule has 0 saturated carbocycles. The summed E-state index contributed by atoms with van der Waals surface area (Å²) in [7, 11) is 0. The lowest BCUT2D eigenvalue weighted by atomic mass is 9.73. The molecule has 1 N–H and O–H groups in total. The lowest BCUT2D eigenvalue weighted by Gasteiger charge is -2.42. The van der Waals surface area contributed by atoms with E-state index in [-0.39, 0.29) is 37.0 Å². The van der Waals surface area contributed by atoms with Gasteiger partial charge in [-0.15, -0.1) is 0 Å². The van der Waals surface area contributed by atoms with Gasteiger partial charge in [0.25, 0.3) is 0 Å². The summed E-state index contributed by atoms with van der Waals surface area (Å²) < 4.78 is 12.5. The summed E-state index contributed by atoms with van der Waals surface area (Å²) in [6, 6.07) is -1.53. The Morgan fingerprint density at radius 3 is 2.47 bits per heavy atom. The minimum Gasteiger partial charge on any atom is -0.465 e. The van der Waals surface area contributed by atoms with Crippen LogP contribution in [0.25, 0.3) is 0 Å². The molecular formula is C28H42N2O6. The van der Waals surface area contributed by atoms with E-state index < -0.39 is 41.1 Å². The average Bonchev–Trinajstić information content (AvgIpc) is 3.18. The number of cyclic esters (lactones) is 1. The van der Waals surface area contributed by atoms with Crippen LogP contribution in [0.5, 0.6) is 0 Å². The summed E-state index contributed by atoms with van der Waals surface area (Å²) in [6.07, 6.45) is 11.0. The molecule has 0 aliphatic carbocycles. The standard InChI is InChI=1S/C28H42N2O6/c1-6-11-19(5)29-14-10-13-28-21(22-26(34)35-15-9-8-12-27(22,7-2)36-28)24(32)30(23(28)25(29)33)20(17-31)16-18(3)4/h8,10,12-13,18-23,31H,6-7,9,11,14-17H2,1-5H3/t19?,20-,21+,22+,23?,27-,28+/m1/s1. The Morgan fingerprint density at radius 1 is 1.08 bits per heavy atom. The summed E-state index contributed by atoms with van der Waals surface area (Å²) in [5.74, 6) is -2.52. The third-order valence-electron chi connectivity index (χ3n) is 8.46. The van der Waals surface area contributed by atoms with Gasteiger partial charge in [-0.25, -0.2) is 0 Å². The predicted octanol–water partition coefficient (Wildman–Crippen LogP) is 2.84. The quantitative estimate of drug-likeness (QED) is 0.405. The molecule has 8 nitrogen and oxygen atoms in total. The van der Waals surface area contributed by atoms with Crippen molar-refractivity contribution in [2.75, 3.05) is 19.8 Å². The number of hydrogen-bond acceptors (Lipinski definition) is 6. The molecule has 4 rings (SSSR count). The Bertz CT molecular complexity index is 931.